The second-order valence-corrected chi connectivity index (χ2v) is 5.49. The summed E-state index contributed by atoms with van der Waals surface area (Å²) in [5.74, 6) is -0.392. The van der Waals surface area contributed by atoms with Crippen LogP contribution in [0, 0.1) is 13.8 Å². The number of aryl methyl sites for hydroxylation is 2. The maximum absolute atomic E-state index is 12.3. The van der Waals surface area contributed by atoms with E-state index in [0.717, 1.165) is 5.56 Å². The number of carboxylic acid groups (broad SMARTS) is 1. The molecule has 0 atom stereocenters. The smallest absolute Gasteiger partial charge is 0.339 e. The molecule has 0 aromatic carbocycles. The molecular formula is C14H14BrNO5. The number of hydrogen-bond donors (Lipinski definition) is 1. The van der Waals surface area contributed by atoms with E-state index in [-0.39, 0.29) is 23.8 Å². The van der Waals surface area contributed by atoms with E-state index < -0.39 is 5.97 Å². The minimum absolute atomic E-state index is 0.0998. The van der Waals surface area contributed by atoms with E-state index in [2.05, 4.69) is 15.9 Å². The fourth-order valence-corrected chi connectivity index (χ4v) is 2.47. The Bertz CT molecular complexity index is 700. The Balaban J connectivity index is 2.16. The third kappa shape index (κ3) is 3.18. The number of halogens is 1. The van der Waals surface area contributed by atoms with Gasteiger partial charge in [-0.3, -0.25) is 4.79 Å². The highest BCUT2D eigenvalue weighted by atomic mass is 79.9. The van der Waals surface area contributed by atoms with Gasteiger partial charge < -0.3 is 18.8 Å². The first-order valence-electron chi connectivity index (χ1n) is 6.13. The molecule has 2 aromatic heterocycles. The van der Waals surface area contributed by atoms with Gasteiger partial charge in [-0.1, -0.05) is 0 Å². The van der Waals surface area contributed by atoms with Crippen LogP contribution >= 0.6 is 15.9 Å². The molecule has 2 heterocycles. The molecule has 0 bridgehead atoms. The zero-order chi connectivity index (χ0) is 15.7. The molecule has 0 radical (unpaired) electrons. The van der Waals surface area contributed by atoms with Gasteiger partial charge in [0.25, 0.3) is 5.91 Å². The molecule has 0 saturated carbocycles. The Labute approximate surface area is 129 Å². The summed E-state index contributed by atoms with van der Waals surface area (Å²) in [6.07, 6.45) is 0. The third-order valence-corrected chi connectivity index (χ3v) is 3.41. The highest BCUT2D eigenvalue weighted by Crippen LogP contribution is 2.22. The Hall–Kier alpha value is -2.02. The van der Waals surface area contributed by atoms with E-state index in [9.17, 15) is 9.59 Å². The minimum atomic E-state index is -1.05. The SMILES string of the molecule is Cc1cc(Br)oc1C(=O)N(C)Cc1cc(C(=O)O)c(C)o1. The first-order chi connectivity index (χ1) is 9.79. The number of carboxylic acids is 1. The van der Waals surface area contributed by atoms with E-state index in [1.165, 1.54) is 11.0 Å². The molecule has 0 aliphatic rings. The highest BCUT2D eigenvalue weighted by molar-refractivity contribution is 9.10. The van der Waals surface area contributed by atoms with E-state index in [1.54, 1.807) is 27.0 Å². The van der Waals surface area contributed by atoms with Gasteiger partial charge in [-0.05, 0) is 41.9 Å². The summed E-state index contributed by atoms with van der Waals surface area (Å²) in [6, 6.07) is 3.13. The van der Waals surface area contributed by atoms with Gasteiger partial charge in [0.05, 0.1) is 6.54 Å². The number of carbonyl (C=O) groups excluding carboxylic acids is 1. The molecule has 0 saturated heterocycles. The summed E-state index contributed by atoms with van der Waals surface area (Å²) in [5.41, 5.74) is 0.823. The first-order valence-corrected chi connectivity index (χ1v) is 6.93. The summed E-state index contributed by atoms with van der Waals surface area (Å²) < 4.78 is 11.1. The van der Waals surface area contributed by atoms with Crippen molar-refractivity contribution in [3.05, 3.63) is 45.2 Å². The quantitative estimate of drug-likeness (QED) is 0.909. The zero-order valence-electron chi connectivity index (χ0n) is 11.8. The van der Waals surface area contributed by atoms with Crippen molar-refractivity contribution in [2.45, 2.75) is 20.4 Å². The van der Waals surface area contributed by atoms with Crippen molar-refractivity contribution >= 4 is 27.8 Å². The summed E-state index contributed by atoms with van der Waals surface area (Å²) in [4.78, 5) is 24.6. The molecule has 1 amide bonds. The van der Waals surface area contributed by atoms with Crippen molar-refractivity contribution in [3.63, 3.8) is 0 Å². The number of rotatable bonds is 4. The molecule has 1 N–H and O–H groups in total. The summed E-state index contributed by atoms with van der Waals surface area (Å²) in [7, 11) is 1.59. The number of carbonyl (C=O) groups is 2. The first kappa shape index (κ1) is 15.4. The van der Waals surface area contributed by atoms with Crippen molar-refractivity contribution in [3.8, 4) is 0 Å². The molecule has 2 rings (SSSR count). The van der Waals surface area contributed by atoms with Crippen LogP contribution in [0.15, 0.2) is 25.6 Å². The van der Waals surface area contributed by atoms with Gasteiger partial charge in [0.1, 0.15) is 17.1 Å². The molecule has 2 aromatic rings. The number of amides is 1. The van der Waals surface area contributed by atoms with Gasteiger partial charge in [0, 0.05) is 12.6 Å². The lowest BCUT2D eigenvalue weighted by molar-refractivity contribution is 0.0693. The van der Waals surface area contributed by atoms with Gasteiger partial charge in [-0.25, -0.2) is 4.79 Å². The second kappa shape index (κ2) is 5.77. The number of aromatic carboxylic acids is 1. The van der Waals surface area contributed by atoms with Crippen molar-refractivity contribution in [2.24, 2.45) is 0 Å². The number of nitrogens with zero attached hydrogens (tertiary/aromatic N) is 1. The van der Waals surface area contributed by atoms with E-state index in [4.69, 9.17) is 13.9 Å². The Kier molecular flexibility index (Phi) is 4.22. The Morgan fingerprint density at radius 1 is 1.29 bits per heavy atom. The maximum Gasteiger partial charge on any atom is 0.339 e. The summed E-state index contributed by atoms with van der Waals surface area (Å²) >= 11 is 3.17. The predicted molar refractivity (Wildman–Crippen MR) is 77.3 cm³/mol. The molecule has 112 valence electrons. The van der Waals surface area contributed by atoms with Crippen LogP contribution in [-0.4, -0.2) is 28.9 Å². The van der Waals surface area contributed by atoms with Crippen molar-refractivity contribution in [1.29, 1.82) is 0 Å². The second-order valence-electron chi connectivity index (χ2n) is 4.71. The standard InChI is InChI=1S/C14H14BrNO5/c1-7-4-11(15)21-12(7)13(17)16(3)6-9-5-10(14(18)19)8(2)20-9/h4-5H,6H2,1-3H3,(H,18,19). The number of furan rings is 2. The normalized spacial score (nSPS) is 10.7. The topological polar surface area (TPSA) is 83.9 Å². The van der Waals surface area contributed by atoms with Crippen LogP contribution in [0.1, 0.15) is 38.0 Å². The minimum Gasteiger partial charge on any atom is -0.478 e. The summed E-state index contributed by atoms with van der Waals surface area (Å²) in [6.45, 7) is 3.50. The van der Waals surface area contributed by atoms with Crippen LogP contribution in [-0.2, 0) is 6.54 Å². The van der Waals surface area contributed by atoms with Crippen LogP contribution < -0.4 is 0 Å². The van der Waals surface area contributed by atoms with Crippen LogP contribution in [0.3, 0.4) is 0 Å². The molecule has 0 unspecified atom stereocenters. The van der Waals surface area contributed by atoms with Gasteiger partial charge in [0.2, 0.25) is 0 Å². The van der Waals surface area contributed by atoms with E-state index >= 15 is 0 Å². The molecule has 6 nitrogen and oxygen atoms in total. The highest BCUT2D eigenvalue weighted by Gasteiger charge is 2.21. The number of hydrogen-bond acceptors (Lipinski definition) is 4. The van der Waals surface area contributed by atoms with E-state index in [0.29, 0.717) is 16.2 Å². The molecule has 0 spiro atoms. The van der Waals surface area contributed by atoms with Crippen LogP contribution in [0.2, 0.25) is 0 Å². The maximum atomic E-state index is 12.3. The lowest BCUT2D eigenvalue weighted by Gasteiger charge is -2.14. The lowest BCUT2D eigenvalue weighted by Crippen LogP contribution is -2.26. The van der Waals surface area contributed by atoms with Crippen molar-refractivity contribution < 1.29 is 23.5 Å². The molecule has 21 heavy (non-hydrogen) atoms. The summed E-state index contributed by atoms with van der Waals surface area (Å²) in [5, 5.41) is 8.98. The van der Waals surface area contributed by atoms with Crippen molar-refractivity contribution in [1.82, 2.24) is 4.90 Å². The molecule has 0 aliphatic carbocycles. The third-order valence-electron chi connectivity index (χ3n) is 3.02. The molecule has 7 heteroatoms. The van der Waals surface area contributed by atoms with Gasteiger partial charge >= 0.3 is 5.97 Å². The largest absolute Gasteiger partial charge is 0.478 e. The lowest BCUT2D eigenvalue weighted by atomic mass is 10.2. The fraction of sp³-hybridized carbons (Fsp3) is 0.286. The van der Waals surface area contributed by atoms with Gasteiger partial charge in [-0.15, -0.1) is 0 Å². The average molecular weight is 356 g/mol. The average Bonchev–Trinajstić information content (AvgIpc) is 2.91. The van der Waals surface area contributed by atoms with Crippen LogP contribution in [0.5, 0.6) is 0 Å². The molecular weight excluding hydrogens is 342 g/mol. The van der Waals surface area contributed by atoms with Crippen LogP contribution in [0.4, 0.5) is 0 Å². The fourth-order valence-electron chi connectivity index (χ4n) is 1.97. The van der Waals surface area contributed by atoms with Gasteiger partial charge in [-0.2, -0.15) is 0 Å². The predicted octanol–water partition coefficient (Wildman–Crippen LogP) is 3.22. The van der Waals surface area contributed by atoms with Crippen LogP contribution in [0.25, 0.3) is 0 Å². The molecule has 0 fully saturated rings. The Morgan fingerprint density at radius 2 is 1.95 bits per heavy atom. The zero-order valence-corrected chi connectivity index (χ0v) is 13.4. The molecule has 0 aliphatic heterocycles. The van der Waals surface area contributed by atoms with E-state index in [1.807, 2.05) is 0 Å². The van der Waals surface area contributed by atoms with Gasteiger partial charge in [0.15, 0.2) is 10.4 Å². The Morgan fingerprint density at radius 3 is 2.43 bits per heavy atom. The monoisotopic (exact) mass is 355 g/mol. The van der Waals surface area contributed by atoms with Crippen molar-refractivity contribution in [2.75, 3.05) is 7.05 Å².